The fourth-order valence-corrected chi connectivity index (χ4v) is 1.42. The summed E-state index contributed by atoms with van der Waals surface area (Å²) in [6, 6.07) is 6.46. The summed E-state index contributed by atoms with van der Waals surface area (Å²) >= 11 is 0. The van der Waals surface area contributed by atoms with Crippen LogP contribution in [0, 0.1) is 0 Å². The van der Waals surface area contributed by atoms with Gasteiger partial charge in [-0.3, -0.25) is 20.4 Å². The van der Waals surface area contributed by atoms with Crippen molar-refractivity contribution in [2.75, 3.05) is 6.61 Å². The minimum absolute atomic E-state index is 0.338. The average Bonchev–Trinajstić information content (AvgIpc) is 2.51. The van der Waals surface area contributed by atoms with Gasteiger partial charge < -0.3 is 9.84 Å². The van der Waals surface area contributed by atoms with Crippen LogP contribution >= 0.6 is 0 Å². The van der Waals surface area contributed by atoms with E-state index in [-0.39, 0.29) is 0 Å². The molecule has 0 aliphatic rings. The first-order chi connectivity index (χ1) is 10.5. The number of nitrogens with one attached hydrogen (secondary N) is 2. The van der Waals surface area contributed by atoms with Gasteiger partial charge in [-0.2, -0.15) is 0 Å². The largest absolute Gasteiger partial charge is 0.494 e. The highest BCUT2D eigenvalue weighted by molar-refractivity contribution is 5.98. The second-order valence-corrected chi connectivity index (χ2v) is 4.34. The molecular formula is C15H18N2O5. The summed E-state index contributed by atoms with van der Waals surface area (Å²) in [7, 11) is 0. The van der Waals surface area contributed by atoms with Gasteiger partial charge in [0, 0.05) is 17.7 Å². The Morgan fingerprint density at radius 2 is 1.82 bits per heavy atom. The molecule has 0 saturated carbocycles. The number of hydrogen-bond donors (Lipinski definition) is 3. The van der Waals surface area contributed by atoms with E-state index in [4.69, 9.17) is 9.84 Å². The second-order valence-electron chi connectivity index (χ2n) is 4.34. The maximum absolute atomic E-state index is 11.8. The zero-order valence-corrected chi connectivity index (χ0v) is 12.2. The van der Waals surface area contributed by atoms with E-state index in [9.17, 15) is 14.4 Å². The minimum Gasteiger partial charge on any atom is -0.494 e. The molecule has 0 aromatic heterocycles. The second kappa shape index (κ2) is 9.17. The van der Waals surface area contributed by atoms with Gasteiger partial charge in [0.25, 0.3) is 11.8 Å². The number of amides is 2. The first kappa shape index (κ1) is 17.2. The molecule has 0 unspecified atom stereocenters. The number of carboxylic acids is 1. The standard InChI is InChI=1S/C15H18N2O5/c1-2-3-10-22-12-6-4-11(5-7-12)15(21)17-16-13(18)8-9-14(19)20/h4-9H,2-3,10H2,1H3,(H,16,18)(H,17,21)(H,19,20). The lowest BCUT2D eigenvalue weighted by Crippen LogP contribution is -2.40. The number of carbonyl (C=O) groups is 3. The van der Waals surface area contributed by atoms with Crippen molar-refractivity contribution >= 4 is 17.8 Å². The Balaban J connectivity index is 2.45. The molecule has 0 fully saturated rings. The highest BCUT2D eigenvalue weighted by atomic mass is 16.5. The summed E-state index contributed by atoms with van der Waals surface area (Å²) in [5.74, 6) is -1.84. The Morgan fingerprint density at radius 3 is 2.41 bits per heavy atom. The minimum atomic E-state index is -1.25. The van der Waals surface area contributed by atoms with Gasteiger partial charge >= 0.3 is 5.97 Å². The van der Waals surface area contributed by atoms with Crippen molar-refractivity contribution < 1.29 is 24.2 Å². The molecule has 7 nitrogen and oxygen atoms in total. The topological polar surface area (TPSA) is 105 Å². The van der Waals surface area contributed by atoms with Crippen LogP contribution in [0.3, 0.4) is 0 Å². The van der Waals surface area contributed by atoms with Crippen LogP contribution in [0.1, 0.15) is 30.1 Å². The van der Waals surface area contributed by atoms with Gasteiger partial charge in [0.05, 0.1) is 6.61 Å². The normalized spacial score (nSPS) is 10.2. The molecule has 0 atom stereocenters. The Hall–Kier alpha value is -2.83. The van der Waals surface area contributed by atoms with Crippen LogP contribution in [0.5, 0.6) is 5.75 Å². The number of ether oxygens (including phenoxy) is 1. The Bertz CT molecular complexity index is 552. The van der Waals surface area contributed by atoms with E-state index < -0.39 is 17.8 Å². The Labute approximate surface area is 127 Å². The molecule has 1 aromatic rings. The summed E-state index contributed by atoms with van der Waals surface area (Å²) < 4.78 is 5.47. The number of hydrogen-bond acceptors (Lipinski definition) is 4. The van der Waals surface area contributed by atoms with E-state index in [1.54, 1.807) is 24.3 Å². The Kier molecular flexibility index (Phi) is 7.18. The zero-order chi connectivity index (χ0) is 16.4. The van der Waals surface area contributed by atoms with E-state index >= 15 is 0 Å². The lowest BCUT2D eigenvalue weighted by molar-refractivity contribution is -0.131. The monoisotopic (exact) mass is 306 g/mol. The van der Waals surface area contributed by atoms with Gasteiger partial charge in [-0.25, -0.2) is 4.79 Å². The molecule has 0 spiro atoms. The Morgan fingerprint density at radius 1 is 1.14 bits per heavy atom. The van der Waals surface area contributed by atoms with E-state index in [0.29, 0.717) is 24.0 Å². The van der Waals surface area contributed by atoms with Crippen molar-refractivity contribution in [2.24, 2.45) is 0 Å². The number of carbonyl (C=O) groups excluding carboxylic acids is 2. The third-order valence-corrected chi connectivity index (χ3v) is 2.56. The van der Waals surface area contributed by atoms with Gasteiger partial charge in [-0.05, 0) is 30.7 Å². The van der Waals surface area contributed by atoms with Crippen LogP contribution in [0.15, 0.2) is 36.4 Å². The third kappa shape index (κ3) is 6.56. The highest BCUT2D eigenvalue weighted by Crippen LogP contribution is 2.12. The lowest BCUT2D eigenvalue weighted by atomic mass is 10.2. The van der Waals surface area contributed by atoms with Crippen molar-refractivity contribution in [3.05, 3.63) is 42.0 Å². The van der Waals surface area contributed by atoms with Crippen LogP contribution in [0.25, 0.3) is 0 Å². The number of aliphatic carboxylic acids is 1. The molecule has 22 heavy (non-hydrogen) atoms. The molecule has 7 heteroatoms. The molecule has 1 aromatic carbocycles. The van der Waals surface area contributed by atoms with Crippen molar-refractivity contribution in [1.82, 2.24) is 10.9 Å². The number of carboxylic acid groups (broad SMARTS) is 1. The molecule has 2 amide bonds. The highest BCUT2D eigenvalue weighted by Gasteiger charge is 2.06. The molecule has 0 saturated heterocycles. The van der Waals surface area contributed by atoms with Crippen LogP contribution in [-0.4, -0.2) is 29.5 Å². The number of unbranched alkanes of at least 4 members (excludes halogenated alkanes) is 1. The predicted octanol–water partition coefficient (Wildman–Crippen LogP) is 1.27. The maximum atomic E-state index is 11.8. The number of benzene rings is 1. The molecule has 0 bridgehead atoms. The van der Waals surface area contributed by atoms with Gasteiger partial charge in [-0.15, -0.1) is 0 Å². The molecular weight excluding hydrogens is 288 g/mol. The molecule has 118 valence electrons. The summed E-state index contributed by atoms with van der Waals surface area (Å²) in [6.45, 7) is 2.69. The van der Waals surface area contributed by atoms with Crippen molar-refractivity contribution in [1.29, 1.82) is 0 Å². The first-order valence-electron chi connectivity index (χ1n) is 6.77. The van der Waals surface area contributed by atoms with Crippen LogP contribution < -0.4 is 15.6 Å². The van der Waals surface area contributed by atoms with Crippen molar-refractivity contribution in [3.63, 3.8) is 0 Å². The van der Waals surface area contributed by atoms with Crippen LogP contribution in [0.4, 0.5) is 0 Å². The molecule has 3 N–H and O–H groups in total. The van der Waals surface area contributed by atoms with Gasteiger partial charge in [0.2, 0.25) is 0 Å². The van der Waals surface area contributed by atoms with E-state index in [1.807, 2.05) is 0 Å². The molecule has 0 radical (unpaired) electrons. The van der Waals surface area contributed by atoms with E-state index in [2.05, 4.69) is 17.8 Å². The number of hydrazine groups is 1. The lowest BCUT2D eigenvalue weighted by Gasteiger charge is -2.07. The first-order valence-corrected chi connectivity index (χ1v) is 6.77. The van der Waals surface area contributed by atoms with Gasteiger partial charge in [0.1, 0.15) is 5.75 Å². The summed E-state index contributed by atoms with van der Waals surface area (Å²) in [5.41, 5.74) is 4.58. The predicted molar refractivity (Wildman–Crippen MR) is 79.2 cm³/mol. The zero-order valence-electron chi connectivity index (χ0n) is 12.2. The van der Waals surface area contributed by atoms with Gasteiger partial charge in [-0.1, -0.05) is 13.3 Å². The molecule has 1 rings (SSSR count). The number of rotatable bonds is 7. The third-order valence-electron chi connectivity index (χ3n) is 2.56. The average molecular weight is 306 g/mol. The molecule has 0 aliphatic heterocycles. The van der Waals surface area contributed by atoms with Crippen molar-refractivity contribution in [3.8, 4) is 5.75 Å². The van der Waals surface area contributed by atoms with Crippen LogP contribution in [-0.2, 0) is 9.59 Å². The SMILES string of the molecule is CCCCOc1ccc(C(=O)NNC(=O)C=CC(=O)O)cc1. The molecule has 0 aliphatic carbocycles. The summed E-state index contributed by atoms with van der Waals surface area (Å²) in [4.78, 5) is 33.2. The van der Waals surface area contributed by atoms with E-state index in [1.165, 1.54) is 0 Å². The quantitative estimate of drug-likeness (QED) is 0.400. The van der Waals surface area contributed by atoms with Crippen molar-refractivity contribution in [2.45, 2.75) is 19.8 Å². The van der Waals surface area contributed by atoms with Crippen LogP contribution in [0.2, 0.25) is 0 Å². The maximum Gasteiger partial charge on any atom is 0.328 e. The van der Waals surface area contributed by atoms with E-state index in [0.717, 1.165) is 18.9 Å². The fourth-order valence-electron chi connectivity index (χ4n) is 1.42. The smallest absolute Gasteiger partial charge is 0.328 e. The summed E-state index contributed by atoms with van der Waals surface area (Å²) in [6.07, 6.45) is 3.46. The molecule has 0 heterocycles. The fraction of sp³-hybridized carbons (Fsp3) is 0.267. The van der Waals surface area contributed by atoms with Gasteiger partial charge in [0.15, 0.2) is 0 Å². The summed E-state index contributed by atoms with van der Waals surface area (Å²) in [5, 5.41) is 8.36.